The highest BCUT2D eigenvalue weighted by Gasteiger charge is 2.38. The van der Waals surface area contributed by atoms with E-state index in [0.717, 1.165) is 0 Å². The van der Waals surface area contributed by atoms with Gasteiger partial charge in [-0.2, -0.15) is 0 Å². The summed E-state index contributed by atoms with van der Waals surface area (Å²) in [4.78, 5) is 8.48. The Balaban J connectivity index is 2.14. The van der Waals surface area contributed by atoms with Gasteiger partial charge in [0, 0.05) is 12.6 Å². The number of aromatic nitrogens is 3. The van der Waals surface area contributed by atoms with Gasteiger partial charge in [-0.1, -0.05) is 6.07 Å². The molecule has 1 aromatic carbocycles. The number of pyridine rings is 1. The summed E-state index contributed by atoms with van der Waals surface area (Å²) in [5.74, 6) is 0.497. The molecule has 0 aliphatic rings. The lowest BCUT2D eigenvalue weighted by Crippen LogP contribution is -2.37. The van der Waals surface area contributed by atoms with Gasteiger partial charge in [0.15, 0.2) is 0 Å². The molecule has 0 radical (unpaired) electrons. The zero-order chi connectivity index (χ0) is 23.5. The highest BCUT2D eigenvalue weighted by atomic mass is 19.3. The smallest absolute Gasteiger partial charge is 0.272 e. The second-order valence-electron chi connectivity index (χ2n) is 8.11. The lowest BCUT2D eigenvalue weighted by Gasteiger charge is -2.31. The van der Waals surface area contributed by atoms with Crippen LogP contribution in [0.4, 0.5) is 13.2 Å². The number of rotatable bonds is 9. The Morgan fingerprint density at radius 3 is 2.44 bits per heavy atom. The third kappa shape index (κ3) is 5.21. The average molecular weight is 449 g/mol. The van der Waals surface area contributed by atoms with Crippen molar-refractivity contribution in [3.05, 3.63) is 71.6 Å². The van der Waals surface area contributed by atoms with E-state index in [1.165, 1.54) is 50.2 Å². The van der Waals surface area contributed by atoms with E-state index in [0.29, 0.717) is 22.6 Å². The maximum Gasteiger partial charge on any atom is 0.272 e. The Kier molecular flexibility index (Phi) is 6.78. The maximum absolute atomic E-state index is 14.3. The zero-order valence-corrected chi connectivity index (χ0v) is 18.3. The van der Waals surface area contributed by atoms with E-state index in [2.05, 4.69) is 9.97 Å². The number of imidazole rings is 1. The molecular weight excluding hydrogens is 423 g/mol. The SMILES string of the molecule is COc1ccc(CC(C)(C)F)cc1C(O)(c1ccc(OCC(F)F)cn1)n1cnc(C)c1. The molecule has 0 aliphatic heterocycles. The van der Waals surface area contributed by atoms with Gasteiger partial charge in [-0.15, -0.1) is 0 Å². The first-order valence-electron chi connectivity index (χ1n) is 10.00. The first kappa shape index (κ1) is 23.6. The number of nitrogens with zero attached hydrogens (tertiary/aromatic N) is 3. The van der Waals surface area contributed by atoms with Crippen LogP contribution in [0.3, 0.4) is 0 Å². The molecule has 9 heteroatoms. The Hall–Kier alpha value is -3.07. The third-order valence-corrected chi connectivity index (χ3v) is 4.82. The van der Waals surface area contributed by atoms with Crippen LogP contribution in [0.15, 0.2) is 49.1 Å². The van der Waals surface area contributed by atoms with E-state index >= 15 is 0 Å². The van der Waals surface area contributed by atoms with Gasteiger partial charge < -0.3 is 14.6 Å². The predicted octanol–water partition coefficient (Wildman–Crippen LogP) is 4.27. The molecule has 0 saturated heterocycles. The van der Waals surface area contributed by atoms with Crippen LogP contribution in [0.25, 0.3) is 0 Å². The van der Waals surface area contributed by atoms with Crippen molar-refractivity contribution in [3.63, 3.8) is 0 Å². The van der Waals surface area contributed by atoms with E-state index in [1.54, 1.807) is 31.3 Å². The van der Waals surface area contributed by atoms with Crippen LogP contribution in [0, 0.1) is 6.92 Å². The van der Waals surface area contributed by atoms with Crippen molar-refractivity contribution >= 4 is 0 Å². The predicted molar refractivity (Wildman–Crippen MR) is 113 cm³/mol. The second-order valence-corrected chi connectivity index (χ2v) is 8.11. The number of aliphatic hydroxyl groups is 1. The quantitative estimate of drug-likeness (QED) is 0.528. The minimum atomic E-state index is -2.62. The molecule has 1 N–H and O–H groups in total. The fourth-order valence-electron chi connectivity index (χ4n) is 3.46. The largest absolute Gasteiger partial charge is 0.496 e. The van der Waals surface area contributed by atoms with Crippen molar-refractivity contribution < 1.29 is 27.8 Å². The standard InChI is InChI=1S/C23H26F3N3O3/c1-15-12-29(14-28-15)23(30,20-8-6-17(11-27-20)32-13-21(24)25)18-9-16(10-22(2,3)26)5-7-19(18)31-4/h5-9,11-12,14,21,30H,10,13H2,1-4H3. The molecule has 2 heterocycles. The normalized spacial score (nSPS) is 13.8. The molecule has 2 aromatic heterocycles. The summed E-state index contributed by atoms with van der Waals surface area (Å²) in [6.45, 7) is 3.95. The van der Waals surface area contributed by atoms with E-state index < -0.39 is 24.4 Å². The minimum absolute atomic E-state index is 0.122. The first-order chi connectivity index (χ1) is 15.0. The van der Waals surface area contributed by atoms with E-state index in [4.69, 9.17) is 9.47 Å². The van der Waals surface area contributed by atoms with Crippen LogP contribution in [0.2, 0.25) is 0 Å². The summed E-state index contributed by atoms with van der Waals surface area (Å²) in [7, 11) is 1.46. The Bertz CT molecular complexity index is 1050. The van der Waals surface area contributed by atoms with Gasteiger partial charge in [-0.25, -0.2) is 18.2 Å². The molecular formula is C23H26F3N3O3. The zero-order valence-electron chi connectivity index (χ0n) is 18.3. The van der Waals surface area contributed by atoms with E-state index in [9.17, 15) is 18.3 Å². The summed E-state index contributed by atoms with van der Waals surface area (Å²) < 4.78 is 51.1. The molecule has 0 bridgehead atoms. The molecule has 0 spiro atoms. The van der Waals surface area contributed by atoms with Crippen molar-refractivity contribution in [2.24, 2.45) is 0 Å². The number of benzene rings is 1. The lowest BCUT2D eigenvalue weighted by molar-refractivity contribution is 0.0411. The lowest BCUT2D eigenvalue weighted by atomic mass is 9.92. The van der Waals surface area contributed by atoms with Crippen LogP contribution in [0.5, 0.6) is 11.5 Å². The van der Waals surface area contributed by atoms with Crippen molar-refractivity contribution in [3.8, 4) is 11.5 Å². The van der Waals surface area contributed by atoms with Gasteiger partial charge in [0.25, 0.3) is 6.43 Å². The number of aryl methyl sites for hydroxylation is 1. The molecule has 0 fully saturated rings. The maximum atomic E-state index is 14.3. The molecule has 0 saturated carbocycles. The topological polar surface area (TPSA) is 69.4 Å². The number of methoxy groups -OCH3 is 1. The molecule has 1 atom stereocenters. The molecule has 32 heavy (non-hydrogen) atoms. The molecule has 3 aromatic rings. The fourth-order valence-corrected chi connectivity index (χ4v) is 3.46. The van der Waals surface area contributed by atoms with Crippen LogP contribution in [-0.2, 0) is 12.1 Å². The van der Waals surface area contributed by atoms with E-state index in [-0.39, 0.29) is 17.9 Å². The van der Waals surface area contributed by atoms with Crippen molar-refractivity contribution in [1.29, 1.82) is 0 Å². The number of halogens is 3. The Labute approximate surface area is 184 Å². The first-order valence-corrected chi connectivity index (χ1v) is 10.00. The third-order valence-electron chi connectivity index (χ3n) is 4.82. The molecule has 0 amide bonds. The molecule has 0 aliphatic carbocycles. The monoisotopic (exact) mass is 449 g/mol. The number of hydrogen-bond acceptors (Lipinski definition) is 5. The van der Waals surface area contributed by atoms with Gasteiger partial charge in [0.1, 0.15) is 23.8 Å². The molecule has 1 unspecified atom stereocenters. The molecule has 172 valence electrons. The van der Waals surface area contributed by atoms with Crippen LogP contribution in [0.1, 0.15) is 36.4 Å². The molecule has 6 nitrogen and oxygen atoms in total. The Morgan fingerprint density at radius 2 is 1.91 bits per heavy atom. The number of ether oxygens (including phenoxy) is 2. The molecule has 3 rings (SSSR count). The highest BCUT2D eigenvalue weighted by molar-refractivity contribution is 5.46. The summed E-state index contributed by atoms with van der Waals surface area (Å²) in [6, 6.07) is 7.98. The number of hydrogen-bond donors (Lipinski definition) is 1. The van der Waals surface area contributed by atoms with Gasteiger partial charge >= 0.3 is 0 Å². The summed E-state index contributed by atoms with van der Waals surface area (Å²) in [5, 5.41) is 12.0. The Morgan fingerprint density at radius 1 is 1.16 bits per heavy atom. The second kappa shape index (κ2) is 9.20. The summed E-state index contributed by atoms with van der Waals surface area (Å²) in [6.07, 6.45) is 1.84. The minimum Gasteiger partial charge on any atom is -0.496 e. The average Bonchev–Trinajstić information content (AvgIpc) is 3.17. The van der Waals surface area contributed by atoms with Crippen molar-refractivity contribution in [1.82, 2.24) is 14.5 Å². The van der Waals surface area contributed by atoms with Crippen LogP contribution < -0.4 is 9.47 Å². The van der Waals surface area contributed by atoms with Gasteiger partial charge in [-0.3, -0.25) is 9.55 Å². The van der Waals surface area contributed by atoms with Crippen LogP contribution in [-0.4, -0.2) is 45.5 Å². The van der Waals surface area contributed by atoms with Gasteiger partial charge in [0.2, 0.25) is 5.72 Å². The highest BCUT2D eigenvalue weighted by Crippen LogP contribution is 2.38. The van der Waals surface area contributed by atoms with Crippen molar-refractivity contribution in [2.45, 2.75) is 45.0 Å². The van der Waals surface area contributed by atoms with Crippen molar-refractivity contribution in [2.75, 3.05) is 13.7 Å². The van der Waals surface area contributed by atoms with Gasteiger partial charge in [-0.05, 0) is 50.6 Å². The van der Waals surface area contributed by atoms with Gasteiger partial charge in [0.05, 0.1) is 36.6 Å². The fraction of sp³-hybridized carbons (Fsp3) is 0.391. The summed E-state index contributed by atoms with van der Waals surface area (Å²) in [5.41, 5.74) is -1.52. The number of alkyl halides is 3. The van der Waals surface area contributed by atoms with Crippen LogP contribution >= 0.6 is 0 Å². The summed E-state index contributed by atoms with van der Waals surface area (Å²) >= 11 is 0. The van der Waals surface area contributed by atoms with E-state index in [1.807, 2.05) is 0 Å².